The van der Waals surface area contributed by atoms with Crippen LogP contribution in [0.1, 0.15) is 42.6 Å². The highest BCUT2D eigenvalue weighted by Gasteiger charge is 2.48. The van der Waals surface area contributed by atoms with Gasteiger partial charge < -0.3 is 5.32 Å². The predicted molar refractivity (Wildman–Crippen MR) is 95.3 cm³/mol. The maximum absolute atomic E-state index is 13.0. The van der Waals surface area contributed by atoms with E-state index in [1.165, 1.54) is 36.8 Å². The SMILES string of the molecule is Cn1nc(C(=O)NC2C3CC4CC(C3)CC2C4)c2ccccc2c1=O. The largest absolute Gasteiger partial charge is 0.347 e. The Hall–Kier alpha value is -2.17. The standard InChI is InChI=1S/C20H23N3O2/c1-23-20(25)16-5-3-2-4-15(16)18(22-23)19(24)21-17-13-7-11-6-12(9-13)10-14(17)8-11/h2-5,11-14,17H,6-10H2,1H3,(H,21,24). The summed E-state index contributed by atoms with van der Waals surface area (Å²) in [5.41, 5.74) is 0.202. The molecule has 1 amide bonds. The van der Waals surface area contributed by atoms with E-state index in [0.717, 1.165) is 11.8 Å². The van der Waals surface area contributed by atoms with E-state index >= 15 is 0 Å². The van der Waals surface area contributed by atoms with Gasteiger partial charge in [-0.3, -0.25) is 9.59 Å². The molecule has 130 valence electrons. The third kappa shape index (κ3) is 2.32. The number of aryl methyl sites for hydroxylation is 1. The van der Waals surface area contributed by atoms with Crippen LogP contribution in [-0.2, 0) is 7.05 Å². The topological polar surface area (TPSA) is 64.0 Å². The zero-order valence-electron chi connectivity index (χ0n) is 14.4. The van der Waals surface area contributed by atoms with E-state index in [1.54, 1.807) is 13.1 Å². The van der Waals surface area contributed by atoms with Crippen LogP contribution in [0.2, 0.25) is 0 Å². The van der Waals surface area contributed by atoms with Gasteiger partial charge in [0.1, 0.15) is 0 Å². The molecule has 0 atom stereocenters. The van der Waals surface area contributed by atoms with Gasteiger partial charge in [-0.2, -0.15) is 5.10 Å². The number of hydrogen-bond acceptors (Lipinski definition) is 3. The van der Waals surface area contributed by atoms with E-state index in [1.807, 2.05) is 18.2 Å². The van der Waals surface area contributed by atoms with Crippen LogP contribution in [0.4, 0.5) is 0 Å². The summed E-state index contributed by atoms with van der Waals surface area (Å²) in [6.07, 6.45) is 6.46. The quantitative estimate of drug-likeness (QED) is 0.916. The number of hydrogen-bond donors (Lipinski definition) is 1. The molecule has 4 saturated carbocycles. The second kappa shape index (κ2) is 5.41. The Labute approximate surface area is 146 Å². The van der Waals surface area contributed by atoms with Gasteiger partial charge in [0.15, 0.2) is 5.69 Å². The minimum absolute atomic E-state index is 0.135. The van der Waals surface area contributed by atoms with Crippen LogP contribution in [-0.4, -0.2) is 21.7 Å². The molecule has 0 saturated heterocycles. The number of amides is 1. The molecule has 6 rings (SSSR count). The van der Waals surface area contributed by atoms with Gasteiger partial charge in [0, 0.05) is 18.5 Å². The van der Waals surface area contributed by atoms with Gasteiger partial charge in [0.05, 0.1) is 5.39 Å². The number of aromatic nitrogens is 2. The lowest BCUT2D eigenvalue weighted by Crippen LogP contribution is -2.56. The zero-order chi connectivity index (χ0) is 17.1. The van der Waals surface area contributed by atoms with Gasteiger partial charge in [-0.05, 0) is 61.8 Å². The van der Waals surface area contributed by atoms with Crippen LogP contribution < -0.4 is 10.9 Å². The monoisotopic (exact) mass is 337 g/mol. The summed E-state index contributed by atoms with van der Waals surface area (Å²) in [4.78, 5) is 25.3. The van der Waals surface area contributed by atoms with Crippen molar-refractivity contribution in [2.45, 2.75) is 38.1 Å². The van der Waals surface area contributed by atoms with Gasteiger partial charge in [-0.1, -0.05) is 18.2 Å². The second-order valence-electron chi connectivity index (χ2n) is 8.25. The Kier molecular flexibility index (Phi) is 3.27. The van der Waals surface area contributed by atoms with Crippen molar-refractivity contribution in [1.29, 1.82) is 0 Å². The van der Waals surface area contributed by atoms with Crippen LogP contribution in [0.25, 0.3) is 10.8 Å². The summed E-state index contributed by atoms with van der Waals surface area (Å²) in [5.74, 6) is 2.88. The summed E-state index contributed by atoms with van der Waals surface area (Å²) in [6.45, 7) is 0. The Morgan fingerprint density at radius 3 is 2.28 bits per heavy atom. The fourth-order valence-corrected chi connectivity index (χ4v) is 5.85. The van der Waals surface area contributed by atoms with Crippen molar-refractivity contribution < 1.29 is 4.79 Å². The smallest absolute Gasteiger partial charge is 0.274 e. The van der Waals surface area contributed by atoms with Crippen LogP contribution in [0.5, 0.6) is 0 Å². The Balaban J connectivity index is 1.48. The minimum Gasteiger partial charge on any atom is -0.347 e. The zero-order valence-corrected chi connectivity index (χ0v) is 14.4. The van der Waals surface area contributed by atoms with Crippen LogP contribution in [0, 0.1) is 23.7 Å². The molecule has 5 nitrogen and oxygen atoms in total. The van der Waals surface area contributed by atoms with Crippen molar-refractivity contribution in [3.05, 3.63) is 40.3 Å². The number of carbonyl (C=O) groups excluding carboxylic acids is 1. The molecule has 4 aliphatic carbocycles. The third-order valence-electron chi connectivity index (χ3n) is 6.70. The number of rotatable bonds is 2. The minimum atomic E-state index is -0.165. The fraction of sp³-hybridized carbons (Fsp3) is 0.550. The van der Waals surface area contributed by atoms with Crippen molar-refractivity contribution in [3.63, 3.8) is 0 Å². The average Bonchev–Trinajstić information content (AvgIpc) is 2.60. The molecule has 0 unspecified atom stereocenters. The van der Waals surface area contributed by atoms with Crippen LogP contribution in [0.3, 0.4) is 0 Å². The normalized spacial score (nSPS) is 32.9. The predicted octanol–water partition coefficient (Wildman–Crippen LogP) is 2.49. The van der Waals surface area contributed by atoms with Gasteiger partial charge in [-0.15, -0.1) is 0 Å². The molecule has 0 aliphatic heterocycles. The average molecular weight is 337 g/mol. The van der Waals surface area contributed by atoms with E-state index in [9.17, 15) is 9.59 Å². The van der Waals surface area contributed by atoms with E-state index in [4.69, 9.17) is 0 Å². The van der Waals surface area contributed by atoms with Crippen molar-refractivity contribution in [2.75, 3.05) is 0 Å². The second-order valence-corrected chi connectivity index (χ2v) is 8.25. The summed E-state index contributed by atoms with van der Waals surface area (Å²) < 4.78 is 1.27. The highest BCUT2D eigenvalue weighted by atomic mass is 16.2. The van der Waals surface area contributed by atoms with Crippen LogP contribution in [0.15, 0.2) is 29.1 Å². The van der Waals surface area contributed by atoms with E-state index in [0.29, 0.717) is 28.3 Å². The molecule has 2 aromatic rings. The molecule has 1 aromatic carbocycles. The first-order valence-corrected chi connectivity index (χ1v) is 9.37. The van der Waals surface area contributed by atoms with Crippen molar-refractivity contribution >= 4 is 16.7 Å². The fourth-order valence-electron chi connectivity index (χ4n) is 5.85. The van der Waals surface area contributed by atoms with Gasteiger partial charge in [0.25, 0.3) is 11.5 Å². The number of carbonyl (C=O) groups is 1. The molecule has 0 radical (unpaired) electrons. The number of fused-ring (bicyclic) bond motifs is 1. The molecule has 4 aliphatic rings. The third-order valence-corrected chi connectivity index (χ3v) is 6.70. The van der Waals surface area contributed by atoms with E-state index in [-0.39, 0.29) is 17.5 Å². The molecule has 25 heavy (non-hydrogen) atoms. The Morgan fingerprint density at radius 2 is 1.64 bits per heavy atom. The molecule has 0 spiro atoms. The lowest BCUT2D eigenvalue weighted by molar-refractivity contribution is -0.0120. The summed E-state index contributed by atoms with van der Waals surface area (Å²) >= 11 is 0. The van der Waals surface area contributed by atoms with Crippen molar-refractivity contribution in [1.82, 2.24) is 15.1 Å². The van der Waals surface area contributed by atoms with Gasteiger partial charge >= 0.3 is 0 Å². The lowest BCUT2D eigenvalue weighted by atomic mass is 9.54. The lowest BCUT2D eigenvalue weighted by Gasteiger charge is -2.54. The molecule has 1 aromatic heterocycles. The Bertz CT molecular complexity index is 889. The number of nitrogens with zero attached hydrogens (tertiary/aromatic N) is 2. The highest BCUT2D eigenvalue weighted by molar-refractivity contribution is 6.04. The van der Waals surface area contributed by atoms with Crippen molar-refractivity contribution in [3.8, 4) is 0 Å². The molecule has 1 heterocycles. The first-order chi connectivity index (χ1) is 12.1. The summed E-state index contributed by atoms with van der Waals surface area (Å²) in [6, 6.07) is 7.53. The molecule has 4 fully saturated rings. The number of benzene rings is 1. The molecule has 1 N–H and O–H groups in total. The first kappa shape index (κ1) is 15.1. The van der Waals surface area contributed by atoms with Gasteiger partial charge in [0.2, 0.25) is 0 Å². The summed E-state index contributed by atoms with van der Waals surface area (Å²) in [5, 5.41) is 8.77. The van der Waals surface area contributed by atoms with Crippen LogP contribution >= 0.6 is 0 Å². The molecule has 4 bridgehead atoms. The van der Waals surface area contributed by atoms with Gasteiger partial charge in [-0.25, -0.2) is 4.68 Å². The maximum Gasteiger partial charge on any atom is 0.274 e. The van der Waals surface area contributed by atoms with Crippen molar-refractivity contribution in [2.24, 2.45) is 30.7 Å². The number of nitrogens with one attached hydrogen (secondary N) is 1. The highest BCUT2D eigenvalue weighted by Crippen LogP contribution is 2.53. The molecular weight excluding hydrogens is 314 g/mol. The maximum atomic E-state index is 13.0. The summed E-state index contributed by atoms with van der Waals surface area (Å²) in [7, 11) is 1.61. The van der Waals surface area contributed by atoms with E-state index < -0.39 is 0 Å². The first-order valence-electron chi connectivity index (χ1n) is 9.37. The van der Waals surface area contributed by atoms with E-state index in [2.05, 4.69) is 10.4 Å². The molecule has 5 heteroatoms. The molecular formula is C20H23N3O2. The Morgan fingerprint density at radius 1 is 1.04 bits per heavy atom.